The number of carbonyl (C=O) groups is 2. The van der Waals surface area contributed by atoms with Gasteiger partial charge in [-0.25, -0.2) is 9.59 Å². The summed E-state index contributed by atoms with van der Waals surface area (Å²) >= 11 is 0. The second-order valence-electron chi connectivity index (χ2n) is 5.79. The summed E-state index contributed by atoms with van der Waals surface area (Å²) < 4.78 is 10.7. The van der Waals surface area contributed by atoms with E-state index in [-0.39, 0.29) is 24.4 Å². The molecule has 2 aliphatic heterocycles. The van der Waals surface area contributed by atoms with Crippen LogP contribution in [-0.2, 0) is 9.47 Å². The van der Waals surface area contributed by atoms with Crippen LogP contribution in [0.1, 0.15) is 16.8 Å². The van der Waals surface area contributed by atoms with Gasteiger partial charge in [0.05, 0.1) is 11.6 Å². The molecule has 0 saturated carbocycles. The molecule has 1 aliphatic carbocycles. The molecule has 1 unspecified atom stereocenters. The van der Waals surface area contributed by atoms with Crippen LogP contribution in [0, 0.1) is 0 Å². The standard InChI is InChI=1S/C17H16N2O5/c20-16(21)11-2-1-3-12(8-11)18-6-7-19(17(18)22)13-4-5-14-15(9-13)24-10-23-14/h1-3,5,8-9,13H,4,6-7,10H2,(H,20,21). The van der Waals surface area contributed by atoms with E-state index in [1.807, 2.05) is 12.2 Å². The van der Waals surface area contributed by atoms with E-state index in [1.54, 1.807) is 21.9 Å². The number of ether oxygens (including phenoxy) is 2. The molecule has 2 saturated heterocycles. The first kappa shape index (κ1) is 14.6. The van der Waals surface area contributed by atoms with Crippen LogP contribution < -0.4 is 4.90 Å². The summed E-state index contributed by atoms with van der Waals surface area (Å²) in [5.41, 5.74) is 0.769. The Kier molecular flexibility index (Phi) is 3.41. The summed E-state index contributed by atoms with van der Waals surface area (Å²) in [5, 5.41) is 9.11. The summed E-state index contributed by atoms with van der Waals surface area (Å²) in [4.78, 5) is 27.3. The number of hydrogen-bond donors (Lipinski definition) is 1. The highest BCUT2D eigenvalue weighted by atomic mass is 16.7. The van der Waals surface area contributed by atoms with Crippen molar-refractivity contribution in [3.05, 3.63) is 53.5 Å². The molecule has 24 heavy (non-hydrogen) atoms. The molecule has 0 radical (unpaired) electrons. The maximum Gasteiger partial charge on any atom is 0.335 e. The van der Waals surface area contributed by atoms with Crippen LogP contribution in [0.25, 0.3) is 0 Å². The van der Waals surface area contributed by atoms with E-state index in [2.05, 4.69) is 0 Å². The Labute approximate surface area is 138 Å². The van der Waals surface area contributed by atoms with Gasteiger partial charge in [0.1, 0.15) is 0 Å². The molecule has 0 bridgehead atoms. The molecule has 7 nitrogen and oxygen atoms in total. The number of carboxylic acids is 1. The number of amides is 2. The van der Waals surface area contributed by atoms with Gasteiger partial charge in [-0.2, -0.15) is 0 Å². The number of benzene rings is 1. The number of carboxylic acid groups (broad SMARTS) is 1. The molecular weight excluding hydrogens is 312 g/mol. The Morgan fingerprint density at radius 3 is 2.88 bits per heavy atom. The largest absolute Gasteiger partial charge is 0.478 e. The summed E-state index contributed by atoms with van der Waals surface area (Å²) in [7, 11) is 0. The van der Waals surface area contributed by atoms with E-state index < -0.39 is 5.97 Å². The second kappa shape index (κ2) is 5.59. The average molecular weight is 328 g/mol. The zero-order valence-corrected chi connectivity index (χ0v) is 12.8. The number of nitrogens with zero attached hydrogens (tertiary/aromatic N) is 2. The summed E-state index contributed by atoms with van der Waals surface area (Å²) in [6, 6.07) is 6.23. The first-order valence-corrected chi connectivity index (χ1v) is 7.73. The Balaban J connectivity index is 1.54. The molecule has 3 aliphatic rings. The third kappa shape index (κ3) is 2.38. The maximum atomic E-state index is 12.8. The zero-order valence-electron chi connectivity index (χ0n) is 12.8. The molecule has 0 aromatic heterocycles. The fourth-order valence-corrected chi connectivity index (χ4v) is 3.18. The van der Waals surface area contributed by atoms with Crippen molar-refractivity contribution in [2.24, 2.45) is 0 Å². The normalized spacial score (nSPS) is 22.5. The van der Waals surface area contributed by atoms with E-state index in [0.29, 0.717) is 31.0 Å². The number of rotatable bonds is 3. The highest BCUT2D eigenvalue weighted by Crippen LogP contribution is 2.31. The minimum atomic E-state index is -1.01. The predicted octanol–water partition coefficient (Wildman–Crippen LogP) is 2.17. The van der Waals surface area contributed by atoms with Gasteiger partial charge in [0.2, 0.25) is 6.79 Å². The average Bonchev–Trinajstić information content (AvgIpc) is 3.20. The van der Waals surface area contributed by atoms with E-state index in [4.69, 9.17) is 14.6 Å². The van der Waals surface area contributed by atoms with Crippen molar-refractivity contribution in [3.63, 3.8) is 0 Å². The van der Waals surface area contributed by atoms with Gasteiger partial charge < -0.3 is 19.5 Å². The van der Waals surface area contributed by atoms with Crippen LogP contribution in [0.3, 0.4) is 0 Å². The lowest BCUT2D eigenvalue weighted by Gasteiger charge is -2.26. The molecule has 2 fully saturated rings. The van der Waals surface area contributed by atoms with E-state index in [1.165, 1.54) is 12.1 Å². The molecule has 1 aromatic rings. The van der Waals surface area contributed by atoms with Crippen LogP contribution in [0.4, 0.5) is 10.5 Å². The van der Waals surface area contributed by atoms with Crippen LogP contribution in [0.15, 0.2) is 47.9 Å². The topological polar surface area (TPSA) is 79.3 Å². The van der Waals surface area contributed by atoms with Gasteiger partial charge in [-0.3, -0.25) is 4.90 Å². The zero-order chi connectivity index (χ0) is 16.7. The van der Waals surface area contributed by atoms with E-state index in [9.17, 15) is 9.59 Å². The lowest BCUT2D eigenvalue weighted by molar-refractivity contribution is 0.0696. The van der Waals surface area contributed by atoms with Gasteiger partial charge in [0.15, 0.2) is 11.5 Å². The number of urea groups is 1. The predicted molar refractivity (Wildman–Crippen MR) is 84.5 cm³/mol. The SMILES string of the molecule is O=C(O)c1cccc(N2CCN(C3C=C4OCOC4=CC3)C2=O)c1. The Morgan fingerprint density at radius 1 is 1.21 bits per heavy atom. The molecule has 1 N–H and O–H groups in total. The smallest absolute Gasteiger partial charge is 0.335 e. The third-order valence-electron chi connectivity index (χ3n) is 4.41. The van der Waals surface area contributed by atoms with Crippen LogP contribution in [-0.4, -0.2) is 47.9 Å². The monoisotopic (exact) mass is 328 g/mol. The number of aromatic carboxylic acids is 1. The second-order valence-corrected chi connectivity index (χ2v) is 5.79. The van der Waals surface area contributed by atoms with Crippen molar-refractivity contribution in [2.75, 3.05) is 24.8 Å². The Hall–Kier alpha value is -2.96. The highest BCUT2D eigenvalue weighted by Gasteiger charge is 2.36. The Bertz CT molecular complexity index is 770. The van der Waals surface area contributed by atoms with Crippen molar-refractivity contribution in [1.29, 1.82) is 0 Å². The molecule has 4 rings (SSSR count). The molecule has 1 aromatic carbocycles. The third-order valence-corrected chi connectivity index (χ3v) is 4.41. The van der Waals surface area contributed by atoms with Gasteiger partial charge in [-0.1, -0.05) is 6.07 Å². The van der Waals surface area contributed by atoms with Crippen molar-refractivity contribution >= 4 is 17.7 Å². The minimum Gasteiger partial charge on any atom is -0.478 e. The molecule has 1 atom stereocenters. The first-order chi connectivity index (χ1) is 11.6. The summed E-state index contributed by atoms with van der Waals surface area (Å²) in [5.74, 6) is 0.419. The molecule has 7 heteroatoms. The summed E-state index contributed by atoms with van der Waals surface area (Å²) in [6.45, 7) is 1.32. The minimum absolute atomic E-state index is 0.0781. The Morgan fingerprint density at radius 2 is 2.04 bits per heavy atom. The van der Waals surface area contributed by atoms with Crippen molar-refractivity contribution in [3.8, 4) is 0 Å². The highest BCUT2D eigenvalue weighted by molar-refractivity contribution is 5.96. The van der Waals surface area contributed by atoms with Gasteiger partial charge in [0.25, 0.3) is 0 Å². The van der Waals surface area contributed by atoms with Crippen molar-refractivity contribution < 1.29 is 24.2 Å². The van der Waals surface area contributed by atoms with Gasteiger partial charge >= 0.3 is 12.0 Å². The lowest BCUT2D eigenvalue weighted by atomic mass is 10.1. The van der Waals surface area contributed by atoms with Gasteiger partial charge in [0, 0.05) is 18.8 Å². The van der Waals surface area contributed by atoms with Crippen LogP contribution in [0.5, 0.6) is 0 Å². The van der Waals surface area contributed by atoms with Crippen LogP contribution >= 0.6 is 0 Å². The molecule has 2 amide bonds. The molecule has 0 spiro atoms. The first-order valence-electron chi connectivity index (χ1n) is 7.73. The van der Waals surface area contributed by atoms with Crippen LogP contribution in [0.2, 0.25) is 0 Å². The molecule has 124 valence electrons. The lowest BCUT2D eigenvalue weighted by Crippen LogP contribution is -2.39. The summed E-state index contributed by atoms with van der Waals surface area (Å²) in [6.07, 6.45) is 4.53. The number of carbonyl (C=O) groups excluding carboxylic acids is 1. The van der Waals surface area contributed by atoms with Gasteiger partial charge in [-0.15, -0.1) is 0 Å². The van der Waals surface area contributed by atoms with Crippen molar-refractivity contribution in [2.45, 2.75) is 12.5 Å². The molecule has 2 heterocycles. The quantitative estimate of drug-likeness (QED) is 0.920. The van der Waals surface area contributed by atoms with E-state index in [0.717, 1.165) is 5.76 Å². The number of anilines is 1. The molecular formula is C17H16N2O5. The fraction of sp³-hybridized carbons (Fsp3) is 0.294. The fourth-order valence-electron chi connectivity index (χ4n) is 3.18. The number of hydrogen-bond acceptors (Lipinski definition) is 4. The van der Waals surface area contributed by atoms with E-state index >= 15 is 0 Å². The maximum absolute atomic E-state index is 12.8. The number of fused-ring (bicyclic) bond motifs is 1. The van der Waals surface area contributed by atoms with Gasteiger partial charge in [-0.05, 0) is 36.8 Å². The van der Waals surface area contributed by atoms with Crippen molar-refractivity contribution in [1.82, 2.24) is 4.90 Å².